The maximum Gasteiger partial charge on any atom is 0.416 e. The number of hydrogen-bond acceptors (Lipinski definition) is 4. The molecule has 0 aliphatic heterocycles. The largest absolute Gasteiger partial charge is 0.416 e. The first-order valence-electron chi connectivity index (χ1n) is 7.99. The summed E-state index contributed by atoms with van der Waals surface area (Å²) in [4.78, 5) is 23.4. The quantitative estimate of drug-likeness (QED) is 0.355. The molecule has 0 bridgehead atoms. The molecule has 2 aromatic rings. The molecule has 2 amide bonds. The summed E-state index contributed by atoms with van der Waals surface area (Å²) in [7, 11) is 0. The zero-order valence-corrected chi connectivity index (χ0v) is 14.4. The molecule has 0 unspecified atom stereocenters. The highest BCUT2D eigenvalue weighted by atomic mass is 19.4. The van der Waals surface area contributed by atoms with Crippen molar-refractivity contribution in [3.05, 3.63) is 70.8 Å². The van der Waals surface area contributed by atoms with Gasteiger partial charge in [0.1, 0.15) is 6.04 Å². The molecule has 9 heteroatoms. The summed E-state index contributed by atoms with van der Waals surface area (Å²) >= 11 is 0. The number of carbonyl (C=O) groups excluding carboxylic acids is 2. The van der Waals surface area contributed by atoms with Crippen molar-refractivity contribution in [3.63, 3.8) is 0 Å². The van der Waals surface area contributed by atoms with Gasteiger partial charge in [0.15, 0.2) is 0 Å². The van der Waals surface area contributed by atoms with E-state index in [9.17, 15) is 22.8 Å². The minimum Gasteiger partial charge on any atom is -0.339 e. The van der Waals surface area contributed by atoms with Crippen LogP contribution in [0.25, 0.3) is 0 Å². The van der Waals surface area contributed by atoms with Gasteiger partial charge in [0.05, 0.1) is 5.56 Å². The fraction of sp³-hybridized carbons (Fsp3) is 0.200. The van der Waals surface area contributed by atoms with Crippen LogP contribution in [0.2, 0.25) is 0 Å². The minimum atomic E-state index is -4.40. The van der Waals surface area contributed by atoms with Crippen LogP contribution in [0.4, 0.5) is 13.2 Å². The number of rotatable bonds is 4. The van der Waals surface area contributed by atoms with Gasteiger partial charge in [0.25, 0.3) is 11.8 Å². The second-order valence-electron chi connectivity index (χ2n) is 5.64. The van der Waals surface area contributed by atoms with Crippen molar-refractivity contribution in [2.45, 2.75) is 19.6 Å². The lowest BCUT2D eigenvalue weighted by Gasteiger charge is -2.14. The van der Waals surface area contributed by atoms with E-state index in [0.717, 1.165) is 12.1 Å². The number of nitrogens with one attached hydrogen (secondary N) is 2. The van der Waals surface area contributed by atoms with Gasteiger partial charge in [-0.2, -0.15) is 13.2 Å². The van der Waals surface area contributed by atoms with Gasteiger partial charge < -0.3 is 11.1 Å². The maximum absolute atomic E-state index is 12.5. The SMILES string of the molecule is C.NC[C@H](NC(=O)c1ccc(C#Cc2ccc(C(F)(F)F)cc2)cc1)C(=O)NO. The summed E-state index contributed by atoms with van der Waals surface area (Å²) < 4.78 is 37.6. The zero-order valence-electron chi connectivity index (χ0n) is 14.4. The highest BCUT2D eigenvalue weighted by molar-refractivity contribution is 5.97. The molecule has 0 radical (unpaired) electrons. The molecule has 0 saturated carbocycles. The Labute approximate surface area is 165 Å². The van der Waals surface area contributed by atoms with Gasteiger partial charge in [-0.15, -0.1) is 0 Å². The minimum absolute atomic E-state index is 0. The molecule has 0 fully saturated rings. The Morgan fingerprint density at radius 3 is 1.90 bits per heavy atom. The van der Waals surface area contributed by atoms with E-state index in [1.54, 1.807) is 12.1 Å². The summed E-state index contributed by atoms with van der Waals surface area (Å²) in [5.74, 6) is 4.12. The number of hydroxylamine groups is 1. The van der Waals surface area contributed by atoms with Crippen LogP contribution in [0.15, 0.2) is 48.5 Å². The molecule has 0 saturated heterocycles. The van der Waals surface area contributed by atoms with E-state index >= 15 is 0 Å². The molecule has 2 rings (SSSR count). The first kappa shape index (κ1) is 23.7. The number of nitrogens with two attached hydrogens (primary N) is 1. The van der Waals surface area contributed by atoms with Crippen molar-refractivity contribution in [2.24, 2.45) is 5.73 Å². The maximum atomic E-state index is 12.5. The van der Waals surface area contributed by atoms with Crippen LogP contribution in [-0.4, -0.2) is 29.6 Å². The number of carbonyl (C=O) groups is 2. The van der Waals surface area contributed by atoms with Crippen molar-refractivity contribution in [1.29, 1.82) is 0 Å². The van der Waals surface area contributed by atoms with E-state index in [1.807, 2.05) is 0 Å². The number of alkyl halides is 3. The topological polar surface area (TPSA) is 104 Å². The fourth-order valence-corrected chi connectivity index (χ4v) is 2.14. The summed E-state index contributed by atoms with van der Waals surface area (Å²) in [5.41, 5.74) is 7.22. The highest BCUT2D eigenvalue weighted by Gasteiger charge is 2.29. The van der Waals surface area contributed by atoms with Gasteiger partial charge in [0.2, 0.25) is 0 Å². The van der Waals surface area contributed by atoms with Gasteiger partial charge in [-0.05, 0) is 48.5 Å². The van der Waals surface area contributed by atoms with Gasteiger partial charge in [-0.25, -0.2) is 5.48 Å². The average Bonchev–Trinajstić information content (AvgIpc) is 2.69. The van der Waals surface area contributed by atoms with E-state index in [4.69, 9.17) is 10.9 Å². The standard InChI is InChI=1S/C19H16F3N3O3.CH4/c20-19(21,22)15-9-5-13(6-10-15)2-1-12-3-7-14(8-4-12)17(26)24-16(11-23)18(27)25-28;/h3-10,16,28H,11,23H2,(H,24,26)(H,25,27);1H4/t16-;/m0./s1. The molecule has 1 atom stereocenters. The number of halogens is 3. The van der Waals surface area contributed by atoms with E-state index in [-0.39, 0.29) is 19.5 Å². The smallest absolute Gasteiger partial charge is 0.339 e. The van der Waals surface area contributed by atoms with E-state index in [2.05, 4.69) is 17.2 Å². The fourth-order valence-electron chi connectivity index (χ4n) is 2.14. The van der Waals surface area contributed by atoms with Crippen molar-refractivity contribution in [1.82, 2.24) is 10.8 Å². The summed E-state index contributed by atoms with van der Waals surface area (Å²) in [6.45, 7) is -0.200. The molecule has 0 aliphatic carbocycles. The Morgan fingerprint density at radius 1 is 1.00 bits per heavy atom. The van der Waals surface area contributed by atoms with Crippen molar-refractivity contribution in [3.8, 4) is 11.8 Å². The Morgan fingerprint density at radius 2 is 1.48 bits per heavy atom. The molecular weight excluding hydrogens is 387 g/mol. The number of hydrogen-bond donors (Lipinski definition) is 4. The molecule has 2 aromatic carbocycles. The summed E-state index contributed by atoms with van der Waals surface area (Å²) in [6, 6.07) is 9.41. The first-order valence-corrected chi connectivity index (χ1v) is 7.99. The third-order valence-corrected chi connectivity index (χ3v) is 3.68. The molecule has 5 N–H and O–H groups in total. The molecule has 6 nitrogen and oxygen atoms in total. The van der Waals surface area contributed by atoms with Gasteiger partial charge in [-0.3, -0.25) is 14.8 Å². The molecule has 0 heterocycles. The van der Waals surface area contributed by atoms with E-state index < -0.39 is 29.6 Å². The van der Waals surface area contributed by atoms with Gasteiger partial charge >= 0.3 is 6.18 Å². The van der Waals surface area contributed by atoms with Crippen LogP contribution >= 0.6 is 0 Å². The van der Waals surface area contributed by atoms with Crippen LogP contribution in [0, 0.1) is 11.8 Å². The normalized spacial score (nSPS) is 11.3. The molecule has 0 spiro atoms. The van der Waals surface area contributed by atoms with Gasteiger partial charge in [0, 0.05) is 23.2 Å². The van der Waals surface area contributed by atoms with Crippen LogP contribution < -0.4 is 16.5 Å². The Hall–Kier alpha value is -3.35. The molecule has 0 aromatic heterocycles. The van der Waals surface area contributed by atoms with Crippen LogP contribution in [0.3, 0.4) is 0 Å². The molecule has 0 aliphatic rings. The first-order chi connectivity index (χ1) is 13.2. The second-order valence-corrected chi connectivity index (χ2v) is 5.64. The van der Waals surface area contributed by atoms with Crippen LogP contribution in [-0.2, 0) is 11.0 Å². The van der Waals surface area contributed by atoms with E-state index in [1.165, 1.54) is 29.7 Å². The van der Waals surface area contributed by atoms with Crippen molar-refractivity contribution in [2.75, 3.05) is 6.54 Å². The molecular formula is C20H20F3N3O3. The van der Waals surface area contributed by atoms with E-state index in [0.29, 0.717) is 11.1 Å². The Balaban J connectivity index is 0.00000420. The predicted octanol–water partition coefficient (Wildman–Crippen LogP) is 2.30. The van der Waals surface area contributed by atoms with Crippen LogP contribution in [0.5, 0.6) is 0 Å². The highest BCUT2D eigenvalue weighted by Crippen LogP contribution is 2.28. The summed E-state index contributed by atoms with van der Waals surface area (Å²) in [5, 5.41) is 11.0. The molecule has 154 valence electrons. The lowest BCUT2D eigenvalue weighted by atomic mass is 10.1. The second kappa shape index (κ2) is 10.3. The Kier molecular flexibility index (Phi) is 8.38. The van der Waals surface area contributed by atoms with Crippen LogP contribution in [0.1, 0.15) is 34.5 Å². The van der Waals surface area contributed by atoms with Crippen molar-refractivity contribution < 1.29 is 28.0 Å². The van der Waals surface area contributed by atoms with Gasteiger partial charge in [-0.1, -0.05) is 19.3 Å². The average molecular weight is 407 g/mol. The predicted molar refractivity (Wildman–Crippen MR) is 101 cm³/mol. The summed E-state index contributed by atoms with van der Waals surface area (Å²) in [6.07, 6.45) is -4.40. The molecule has 29 heavy (non-hydrogen) atoms. The zero-order chi connectivity index (χ0) is 20.7. The number of benzene rings is 2. The lowest BCUT2D eigenvalue weighted by molar-refractivity contribution is -0.137. The third-order valence-electron chi connectivity index (χ3n) is 3.68. The monoisotopic (exact) mass is 407 g/mol. The number of amides is 2. The van der Waals surface area contributed by atoms with Crippen molar-refractivity contribution >= 4 is 11.8 Å². The Bertz CT molecular complexity index is 899. The third kappa shape index (κ3) is 6.64. The lowest BCUT2D eigenvalue weighted by Crippen LogP contribution is -2.50.